The van der Waals surface area contributed by atoms with Crippen LogP contribution in [0.1, 0.15) is 31.4 Å². The summed E-state index contributed by atoms with van der Waals surface area (Å²) in [4.78, 5) is 14.2. The lowest BCUT2D eigenvalue weighted by atomic mass is 10.00. The lowest BCUT2D eigenvalue weighted by Crippen LogP contribution is -2.36. The zero-order valence-corrected chi connectivity index (χ0v) is 13.2. The smallest absolute Gasteiger partial charge is 0.251 e. The summed E-state index contributed by atoms with van der Waals surface area (Å²) in [6.07, 6.45) is 2.25. The molecule has 1 saturated carbocycles. The number of thiocarbonyl (C=S) groups is 1. The highest BCUT2D eigenvalue weighted by atomic mass is 32.1. The maximum atomic E-state index is 12.5. The van der Waals surface area contributed by atoms with Crippen molar-refractivity contribution in [3.63, 3.8) is 0 Å². The highest BCUT2D eigenvalue weighted by molar-refractivity contribution is 7.80. The molecule has 1 aliphatic carbocycles. The van der Waals surface area contributed by atoms with Gasteiger partial charge in [0.25, 0.3) is 5.91 Å². The third kappa shape index (κ3) is 2.22. The van der Waals surface area contributed by atoms with Crippen LogP contribution < -0.4 is 14.8 Å². The molecule has 0 aromatic heterocycles. The van der Waals surface area contributed by atoms with E-state index in [2.05, 4.69) is 5.32 Å². The largest absolute Gasteiger partial charge is 0.486 e. The van der Waals surface area contributed by atoms with E-state index >= 15 is 0 Å². The lowest BCUT2D eigenvalue weighted by molar-refractivity contribution is -0.128. The molecule has 0 spiro atoms. The molecule has 1 aromatic carbocycles. The second-order valence-electron chi connectivity index (χ2n) is 6.06. The van der Waals surface area contributed by atoms with Crippen molar-refractivity contribution in [2.45, 2.75) is 31.8 Å². The Morgan fingerprint density at radius 2 is 2.00 bits per heavy atom. The molecule has 2 atom stereocenters. The Morgan fingerprint density at radius 1 is 1.27 bits per heavy atom. The number of amides is 1. The van der Waals surface area contributed by atoms with Crippen molar-refractivity contribution in [3.8, 4) is 11.5 Å². The fraction of sp³-hybridized carbons (Fsp3) is 0.500. The minimum absolute atomic E-state index is 0.00623. The minimum atomic E-state index is -0.244. The van der Waals surface area contributed by atoms with Gasteiger partial charge in [-0.15, -0.1) is 0 Å². The predicted octanol–water partition coefficient (Wildman–Crippen LogP) is 2.01. The number of fused-ring (bicyclic) bond motifs is 1. The van der Waals surface area contributed by atoms with E-state index < -0.39 is 0 Å². The van der Waals surface area contributed by atoms with Gasteiger partial charge in [0.1, 0.15) is 19.3 Å². The Labute approximate surface area is 134 Å². The van der Waals surface area contributed by atoms with Crippen LogP contribution in [0.4, 0.5) is 0 Å². The van der Waals surface area contributed by atoms with Crippen molar-refractivity contribution >= 4 is 23.2 Å². The molecule has 2 heterocycles. The summed E-state index contributed by atoms with van der Waals surface area (Å²) in [5.41, 5.74) is 1.07. The number of nitrogens with one attached hydrogen (secondary N) is 1. The highest BCUT2D eigenvalue weighted by Crippen LogP contribution is 2.47. The van der Waals surface area contributed by atoms with Crippen LogP contribution in [0.15, 0.2) is 18.2 Å². The van der Waals surface area contributed by atoms with E-state index in [1.807, 2.05) is 25.1 Å². The third-order valence-corrected chi connectivity index (χ3v) is 4.74. The van der Waals surface area contributed by atoms with E-state index in [-0.39, 0.29) is 18.0 Å². The molecule has 2 fully saturated rings. The fourth-order valence-electron chi connectivity index (χ4n) is 3.18. The van der Waals surface area contributed by atoms with Crippen LogP contribution in [-0.2, 0) is 4.79 Å². The second kappa shape index (κ2) is 5.12. The van der Waals surface area contributed by atoms with Crippen LogP contribution in [0.25, 0.3) is 0 Å². The first kappa shape index (κ1) is 13.8. The molecular formula is C16H18N2O3S. The molecule has 2 unspecified atom stereocenters. The molecule has 116 valence electrons. The van der Waals surface area contributed by atoms with E-state index in [0.717, 1.165) is 29.9 Å². The average Bonchev–Trinajstić information content (AvgIpc) is 3.32. The Morgan fingerprint density at radius 3 is 2.64 bits per heavy atom. The van der Waals surface area contributed by atoms with Crippen molar-refractivity contribution < 1.29 is 14.3 Å². The number of carbonyl (C=O) groups excluding carboxylic acids is 1. The van der Waals surface area contributed by atoms with Gasteiger partial charge in [0.05, 0.1) is 6.04 Å². The summed E-state index contributed by atoms with van der Waals surface area (Å²) >= 11 is 5.38. The molecule has 22 heavy (non-hydrogen) atoms. The van der Waals surface area contributed by atoms with Crippen LogP contribution in [0.2, 0.25) is 0 Å². The van der Waals surface area contributed by atoms with E-state index in [1.165, 1.54) is 0 Å². The van der Waals surface area contributed by atoms with Gasteiger partial charge >= 0.3 is 0 Å². The van der Waals surface area contributed by atoms with Gasteiger partial charge in [0.15, 0.2) is 16.6 Å². The summed E-state index contributed by atoms with van der Waals surface area (Å²) in [5, 5.41) is 3.60. The van der Waals surface area contributed by atoms with E-state index in [9.17, 15) is 4.79 Å². The Balaban J connectivity index is 1.71. The molecule has 1 N–H and O–H groups in total. The standard InChI is InChI=1S/C16H18N2O3S/c1-9-15(19)18(16(22)17-9)14(10-2-3-10)11-4-5-12-13(8-11)21-7-6-20-12/h4-5,8-10,14H,2-3,6-7H2,1H3,(H,17,22). The van der Waals surface area contributed by atoms with Crippen LogP contribution >= 0.6 is 12.2 Å². The van der Waals surface area contributed by atoms with Gasteiger partial charge in [-0.25, -0.2) is 0 Å². The first-order chi connectivity index (χ1) is 10.6. The van der Waals surface area contributed by atoms with Crippen molar-refractivity contribution in [1.82, 2.24) is 10.2 Å². The van der Waals surface area contributed by atoms with Crippen molar-refractivity contribution in [2.75, 3.05) is 13.2 Å². The molecule has 5 nitrogen and oxygen atoms in total. The first-order valence-electron chi connectivity index (χ1n) is 7.68. The average molecular weight is 318 g/mol. The topological polar surface area (TPSA) is 50.8 Å². The van der Waals surface area contributed by atoms with Crippen molar-refractivity contribution in [1.29, 1.82) is 0 Å². The molecule has 2 aliphatic heterocycles. The Hall–Kier alpha value is -1.82. The number of nitrogens with zero attached hydrogens (tertiary/aromatic N) is 1. The lowest BCUT2D eigenvalue weighted by Gasteiger charge is -2.28. The second-order valence-corrected chi connectivity index (χ2v) is 6.45. The Bertz CT molecular complexity index is 644. The van der Waals surface area contributed by atoms with Gasteiger partial charge in [-0.2, -0.15) is 0 Å². The molecular weight excluding hydrogens is 300 g/mol. The number of hydrogen-bond donors (Lipinski definition) is 1. The summed E-state index contributed by atoms with van der Waals surface area (Å²) in [6, 6.07) is 5.70. The maximum absolute atomic E-state index is 12.5. The summed E-state index contributed by atoms with van der Waals surface area (Å²) in [6.45, 7) is 2.99. The van der Waals surface area contributed by atoms with Gasteiger partial charge in [-0.05, 0) is 55.6 Å². The van der Waals surface area contributed by atoms with E-state index in [4.69, 9.17) is 21.7 Å². The third-order valence-electron chi connectivity index (χ3n) is 4.42. The number of hydrogen-bond acceptors (Lipinski definition) is 4. The molecule has 3 aliphatic rings. The highest BCUT2D eigenvalue weighted by Gasteiger charge is 2.45. The Kier molecular flexibility index (Phi) is 3.22. The molecule has 0 radical (unpaired) electrons. The zero-order valence-electron chi connectivity index (χ0n) is 12.4. The van der Waals surface area contributed by atoms with Gasteiger partial charge in [-0.3, -0.25) is 9.69 Å². The van der Waals surface area contributed by atoms with E-state index in [0.29, 0.717) is 24.2 Å². The van der Waals surface area contributed by atoms with Gasteiger partial charge in [0, 0.05) is 0 Å². The molecule has 1 saturated heterocycles. The van der Waals surface area contributed by atoms with Crippen LogP contribution in [0.5, 0.6) is 11.5 Å². The zero-order chi connectivity index (χ0) is 15.3. The summed E-state index contributed by atoms with van der Waals surface area (Å²) in [5.74, 6) is 2.05. The van der Waals surface area contributed by atoms with Crippen molar-refractivity contribution in [3.05, 3.63) is 23.8 Å². The normalized spacial score (nSPS) is 25.1. The SMILES string of the molecule is CC1NC(=S)N(C(c2ccc3c(c2)OCCO3)C2CC2)C1=O. The van der Waals surface area contributed by atoms with Crippen LogP contribution in [0, 0.1) is 5.92 Å². The van der Waals surface area contributed by atoms with Crippen LogP contribution in [0.3, 0.4) is 0 Å². The van der Waals surface area contributed by atoms with E-state index in [1.54, 1.807) is 4.90 Å². The minimum Gasteiger partial charge on any atom is -0.486 e. The molecule has 0 bridgehead atoms. The van der Waals surface area contributed by atoms with Gasteiger partial charge in [0.2, 0.25) is 0 Å². The molecule has 6 heteroatoms. The van der Waals surface area contributed by atoms with Gasteiger partial charge < -0.3 is 14.8 Å². The van der Waals surface area contributed by atoms with Gasteiger partial charge in [-0.1, -0.05) is 6.07 Å². The molecule has 4 rings (SSSR count). The van der Waals surface area contributed by atoms with Crippen LogP contribution in [-0.4, -0.2) is 35.2 Å². The molecule has 1 amide bonds. The predicted molar refractivity (Wildman–Crippen MR) is 84.9 cm³/mol. The number of carbonyl (C=O) groups is 1. The first-order valence-corrected chi connectivity index (χ1v) is 8.09. The quantitative estimate of drug-likeness (QED) is 0.864. The maximum Gasteiger partial charge on any atom is 0.251 e. The fourth-order valence-corrected chi connectivity index (χ4v) is 3.56. The number of rotatable bonds is 3. The number of ether oxygens (including phenoxy) is 2. The monoisotopic (exact) mass is 318 g/mol. The summed E-state index contributed by atoms with van der Waals surface area (Å²) in [7, 11) is 0. The molecule has 1 aromatic rings. The summed E-state index contributed by atoms with van der Waals surface area (Å²) < 4.78 is 11.3. The van der Waals surface area contributed by atoms with Crippen molar-refractivity contribution in [2.24, 2.45) is 5.92 Å². The number of benzene rings is 1.